The number of halogens is 1. The Hall–Kier alpha value is -0.910. The minimum atomic E-state index is 0.0600. The van der Waals surface area contributed by atoms with Gasteiger partial charge in [0.1, 0.15) is 0 Å². The third-order valence-electron chi connectivity index (χ3n) is 4.37. The van der Waals surface area contributed by atoms with Crippen molar-refractivity contribution in [1.29, 1.82) is 0 Å². The van der Waals surface area contributed by atoms with E-state index in [2.05, 4.69) is 38.4 Å². The fraction of sp³-hybridized carbons (Fsp3) is 0.562. The van der Waals surface area contributed by atoms with Crippen molar-refractivity contribution in [3.05, 3.63) is 28.2 Å². The number of nitrogens with one attached hydrogen (secondary N) is 2. The summed E-state index contributed by atoms with van der Waals surface area (Å²) in [5, 5.41) is 6.35. The number of carbonyl (C=O) groups is 1. The zero-order valence-corrected chi connectivity index (χ0v) is 14.6. The molecule has 0 radical (unpaired) electrons. The molecule has 0 spiro atoms. The summed E-state index contributed by atoms with van der Waals surface area (Å²) in [6, 6.07) is 5.86. The maximum atomic E-state index is 12.1. The second-order valence-corrected chi connectivity index (χ2v) is 6.95. The number of benzene rings is 1. The molecular formula is C16H24BrN3O. The van der Waals surface area contributed by atoms with Crippen LogP contribution in [0.15, 0.2) is 22.7 Å². The molecule has 2 N–H and O–H groups in total. The summed E-state index contributed by atoms with van der Waals surface area (Å²) in [5.41, 5.74) is 2.20. The predicted octanol–water partition coefficient (Wildman–Crippen LogP) is 2.77. The lowest BCUT2D eigenvalue weighted by Gasteiger charge is -2.39. The SMILES string of the molecule is CNC1(C)CCN(CC(=O)Nc2ccc(Br)c(C)c2)CC1. The number of aryl methyl sites for hydroxylation is 1. The number of hydrogen-bond acceptors (Lipinski definition) is 3. The molecule has 4 nitrogen and oxygen atoms in total. The van der Waals surface area contributed by atoms with Crippen molar-refractivity contribution in [2.24, 2.45) is 0 Å². The molecule has 116 valence electrons. The average molecular weight is 354 g/mol. The standard InChI is InChI=1S/C16H24BrN3O/c1-12-10-13(4-5-14(12)17)19-15(21)11-20-8-6-16(2,18-3)7-9-20/h4-5,10,18H,6-9,11H2,1-3H3,(H,19,21). The van der Waals surface area contributed by atoms with Crippen LogP contribution in [0, 0.1) is 6.92 Å². The molecule has 1 saturated heterocycles. The highest BCUT2D eigenvalue weighted by Crippen LogP contribution is 2.22. The number of piperidine rings is 1. The molecule has 2 rings (SSSR count). The van der Waals surface area contributed by atoms with Gasteiger partial charge in [0, 0.05) is 28.8 Å². The Labute approximate surface area is 135 Å². The van der Waals surface area contributed by atoms with E-state index < -0.39 is 0 Å². The highest BCUT2D eigenvalue weighted by Gasteiger charge is 2.28. The largest absolute Gasteiger partial charge is 0.325 e. The van der Waals surface area contributed by atoms with Crippen LogP contribution in [0.5, 0.6) is 0 Å². The molecular weight excluding hydrogens is 330 g/mol. The summed E-state index contributed by atoms with van der Waals surface area (Å²) in [4.78, 5) is 14.4. The van der Waals surface area contributed by atoms with Gasteiger partial charge < -0.3 is 10.6 Å². The second kappa shape index (κ2) is 6.90. The van der Waals surface area contributed by atoms with Crippen molar-refractivity contribution in [1.82, 2.24) is 10.2 Å². The minimum Gasteiger partial charge on any atom is -0.325 e. The molecule has 0 atom stereocenters. The maximum Gasteiger partial charge on any atom is 0.238 e. The van der Waals surface area contributed by atoms with E-state index >= 15 is 0 Å². The summed E-state index contributed by atoms with van der Waals surface area (Å²) in [5.74, 6) is 0.0600. The third-order valence-corrected chi connectivity index (χ3v) is 5.26. The van der Waals surface area contributed by atoms with Crippen molar-refractivity contribution in [2.75, 3.05) is 32.0 Å². The van der Waals surface area contributed by atoms with E-state index in [0.717, 1.165) is 41.7 Å². The van der Waals surface area contributed by atoms with Crippen LogP contribution in [0.2, 0.25) is 0 Å². The van der Waals surface area contributed by atoms with Crippen molar-refractivity contribution in [2.45, 2.75) is 32.2 Å². The number of likely N-dealkylation sites (tertiary alicyclic amines) is 1. The van der Waals surface area contributed by atoms with Crippen LogP contribution in [0.3, 0.4) is 0 Å². The number of carbonyl (C=O) groups excluding carboxylic acids is 1. The van der Waals surface area contributed by atoms with Crippen LogP contribution in [-0.4, -0.2) is 43.0 Å². The van der Waals surface area contributed by atoms with Crippen molar-refractivity contribution < 1.29 is 4.79 Å². The summed E-state index contributed by atoms with van der Waals surface area (Å²) >= 11 is 3.47. The first-order valence-electron chi connectivity index (χ1n) is 7.39. The quantitative estimate of drug-likeness (QED) is 0.874. The molecule has 1 aromatic rings. The first-order valence-corrected chi connectivity index (χ1v) is 8.18. The zero-order valence-electron chi connectivity index (χ0n) is 13.0. The molecule has 1 fully saturated rings. The monoisotopic (exact) mass is 353 g/mol. The van der Waals surface area contributed by atoms with E-state index in [1.54, 1.807) is 0 Å². The Morgan fingerprint density at radius 1 is 1.38 bits per heavy atom. The first kappa shape index (κ1) is 16.5. The smallest absolute Gasteiger partial charge is 0.238 e. The number of amides is 1. The van der Waals surface area contributed by atoms with Crippen LogP contribution >= 0.6 is 15.9 Å². The Morgan fingerprint density at radius 3 is 2.62 bits per heavy atom. The van der Waals surface area contributed by atoms with Gasteiger partial charge in [-0.05, 0) is 57.5 Å². The van der Waals surface area contributed by atoms with Gasteiger partial charge in [-0.25, -0.2) is 0 Å². The number of anilines is 1. The fourth-order valence-corrected chi connectivity index (χ4v) is 2.83. The summed E-state index contributed by atoms with van der Waals surface area (Å²) in [6.45, 7) is 6.65. The zero-order chi connectivity index (χ0) is 15.5. The molecule has 0 aliphatic carbocycles. The molecule has 1 aliphatic rings. The molecule has 1 heterocycles. The van der Waals surface area contributed by atoms with Gasteiger partial charge in [-0.2, -0.15) is 0 Å². The van der Waals surface area contributed by atoms with Gasteiger partial charge in [0.2, 0.25) is 5.91 Å². The van der Waals surface area contributed by atoms with Gasteiger partial charge in [0.05, 0.1) is 6.54 Å². The normalized spacial score (nSPS) is 18.5. The van der Waals surface area contributed by atoms with Gasteiger partial charge >= 0.3 is 0 Å². The topological polar surface area (TPSA) is 44.4 Å². The minimum absolute atomic E-state index is 0.0600. The summed E-state index contributed by atoms with van der Waals surface area (Å²) in [6.07, 6.45) is 2.16. The van der Waals surface area contributed by atoms with E-state index in [1.807, 2.05) is 32.2 Å². The molecule has 0 aromatic heterocycles. The van der Waals surface area contributed by atoms with Crippen LogP contribution in [0.25, 0.3) is 0 Å². The molecule has 0 saturated carbocycles. The molecule has 21 heavy (non-hydrogen) atoms. The van der Waals surface area contributed by atoms with Gasteiger partial charge in [-0.15, -0.1) is 0 Å². The van der Waals surface area contributed by atoms with Gasteiger partial charge in [-0.1, -0.05) is 15.9 Å². The Bertz CT molecular complexity index is 510. The maximum absolute atomic E-state index is 12.1. The van der Waals surface area contributed by atoms with E-state index in [1.165, 1.54) is 0 Å². The molecule has 0 bridgehead atoms. The lowest BCUT2D eigenvalue weighted by atomic mass is 9.90. The molecule has 1 aromatic carbocycles. The lowest BCUT2D eigenvalue weighted by molar-refractivity contribution is -0.117. The van der Waals surface area contributed by atoms with E-state index in [4.69, 9.17) is 0 Å². The van der Waals surface area contributed by atoms with Crippen LogP contribution in [0.1, 0.15) is 25.3 Å². The molecule has 0 unspecified atom stereocenters. The van der Waals surface area contributed by atoms with E-state index in [-0.39, 0.29) is 11.4 Å². The molecule has 1 amide bonds. The second-order valence-electron chi connectivity index (χ2n) is 6.10. The number of rotatable bonds is 4. The molecule has 5 heteroatoms. The lowest BCUT2D eigenvalue weighted by Crippen LogP contribution is -2.51. The first-order chi connectivity index (χ1) is 9.92. The fourth-order valence-electron chi connectivity index (χ4n) is 2.58. The Balaban J connectivity index is 1.84. The van der Waals surface area contributed by atoms with E-state index in [0.29, 0.717) is 6.54 Å². The summed E-state index contributed by atoms with van der Waals surface area (Å²) < 4.78 is 1.06. The Kier molecular flexibility index (Phi) is 5.41. The van der Waals surface area contributed by atoms with Crippen LogP contribution in [0.4, 0.5) is 5.69 Å². The summed E-state index contributed by atoms with van der Waals surface area (Å²) in [7, 11) is 2.01. The van der Waals surface area contributed by atoms with Gasteiger partial charge in [0.25, 0.3) is 0 Å². The van der Waals surface area contributed by atoms with E-state index in [9.17, 15) is 4.79 Å². The Morgan fingerprint density at radius 2 is 2.05 bits per heavy atom. The predicted molar refractivity (Wildman–Crippen MR) is 90.6 cm³/mol. The molecule has 1 aliphatic heterocycles. The highest BCUT2D eigenvalue weighted by molar-refractivity contribution is 9.10. The van der Waals surface area contributed by atoms with Gasteiger partial charge in [0.15, 0.2) is 0 Å². The van der Waals surface area contributed by atoms with Gasteiger partial charge in [-0.3, -0.25) is 9.69 Å². The van der Waals surface area contributed by atoms with Crippen LogP contribution < -0.4 is 10.6 Å². The third kappa shape index (κ3) is 4.53. The van der Waals surface area contributed by atoms with Crippen molar-refractivity contribution in [3.8, 4) is 0 Å². The number of nitrogens with zero attached hydrogens (tertiary/aromatic N) is 1. The van der Waals surface area contributed by atoms with Crippen LogP contribution in [-0.2, 0) is 4.79 Å². The average Bonchev–Trinajstić information content (AvgIpc) is 2.46. The van der Waals surface area contributed by atoms with Crippen molar-refractivity contribution in [3.63, 3.8) is 0 Å². The highest BCUT2D eigenvalue weighted by atomic mass is 79.9. The van der Waals surface area contributed by atoms with Crippen molar-refractivity contribution >= 4 is 27.5 Å². The number of hydrogen-bond donors (Lipinski definition) is 2.